The lowest BCUT2D eigenvalue weighted by Crippen LogP contribution is -1.77. The molecule has 0 amide bonds. The molecule has 0 aromatic heterocycles. The van der Waals surface area contributed by atoms with Crippen LogP contribution >= 0.6 is 0 Å². The Hall–Kier alpha value is -1.37. The molecule has 1 aromatic rings. The summed E-state index contributed by atoms with van der Waals surface area (Å²) in [6, 6.07) is 6.27. The number of aliphatic imine (C=N–C) groups is 1. The van der Waals surface area contributed by atoms with Crippen LogP contribution in [0.4, 0.5) is 5.69 Å². The van der Waals surface area contributed by atoms with E-state index in [0.29, 0.717) is 0 Å². The average Bonchev–Trinajstić information content (AvgIpc) is 2.10. The van der Waals surface area contributed by atoms with Gasteiger partial charge in [0.25, 0.3) is 0 Å². The molecule has 0 fully saturated rings. The van der Waals surface area contributed by atoms with Crippen LogP contribution < -0.4 is 0 Å². The van der Waals surface area contributed by atoms with E-state index < -0.39 is 0 Å². The monoisotopic (exact) mass is 173 g/mol. The predicted molar refractivity (Wildman–Crippen MR) is 59.7 cm³/mol. The highest BCUT2D eigenvalue weighted by Gasteiger charge is 1.96. The minimum Gasteiger partial charge on any atom is -0.261 e. The Morgan fingerprint density at radius 1 is 1.23 bits per heavy atom. The van der Waals surface area contributed by atoms with Gasteiger partial charge in [-0.05, 0) is 32.9 Å². The summed E-state index contributed by atoms with van der Waals surface area (Å²) >= 11 is 0. The van der Waals surface area contributed by atoms with Gasteiger partial charge in [0.15, 0.2) is 0 Å². The van der Waals surface area contributed by atoms with E-state index in [-0.39, 0.29) is 0 Å². The SMILES string of the molecule is C/C=C\c1cc(C)ccc1/N=C\C. The van der Waals surface area contributed by atoms with Crippen LogP contribution in [0, 0.1) is 6.92 Å². The number of allylic oxidation sites excluding steroid dienone is 1. The van der Waals surface area contributed by atoms with Crippen LogP contribution in [0.5, 0.6) is 0 Å². The van der Waals surface area contributed by atoms with Gasteiger partial charge in [0.1, 0.15) is 0 Å². The summed E-state index contributed by atoms with van der Waals surface area (Å²) in [5.74, 6) is 0. The Balaban J connectivity index is 3.18. The zero-order valence-corrected chi connectivity index (χ0v) is 8.41. The summed E-state index contributed by atoms with van der Waals surface area (Å²) in [6.07, 6.45) is 5.93. The van der Waals surface area contributed by atoms with Crippen LogP contribution in [0.25, 0.3) is 6.08 Å². The zero-order valence-electron chi connectivity index (χ0n) is 8.41. The van der Waals surface area contributed by atoms with Crippen LogP contribution in [0.2, 0.25) is 0 Å². The van der Waals surface area contributed by atoms with Gasteiger partial charge in [0, 0.05) is 11.8 Å². The molecule has 0 aliphatic carbocycles. The first-order chi connectivity index (χ1) is 6.27. The molecule has 0 atom stereocenters. The summed E-state index contributed by atoms with van der Waals surface area (Å²) in [5.41, 5.74) is 3.48. The molecule has 0 saturated heterocycles. The molecule has 0 aliphatic rings. The molecule has 1 rings (SSSR count). The van der Waals surface area contributed by atoms with E-state index in [2.05, 4.69) is 30.1 Å². The topological polar surface area (TPSA) is 12.4 Å². The van der Waals surface area contributed by atoms with Gasteiger partial charge in [0.2, 0.25) is 0 Å². The van der Waals surface area contributed by atoms with Crippen LogP contribution in [0.1, 0.15) is 25.0 Å². The smallest absolute Gasteiger partial charge is 0.0697 e. The predicted octanol–water partition coefficient (Wildman–Crippen LogP) is 3.75. The maximum Gasteiger partial charge on any atom is 0.0697 e. The van der Waals surface area contributed by atoms with Crippen molar-refractivity contribution in [2.75, 3.05) is 0 Å². The third kappa shape index (κ3) is 2.55. The minimum atomic E-state index is 1.03. The minimum absolute atomic E-state index is 1.03. The van der Waals surface area contributed by atoms with Crippen molar-refractivity contribution < 1.29 is 0 Å². The van der Waals surface area contributed by atoms with Crippen molar-refractivity contribution in [1.29, 1.82) is 0 Å². The van der Waals surface area contributed by atoms with E-state index in [1.165, 1.54) is 11.1 Å². The van der Waals surface area contributed by atoms with Crippen molar-refractivity contribution in [3.63, 3.8) is 0 Å². The van der Waals surface area contributed by atoms with Crippen molar-refractivity contribution in [2.45, 2.75) is 20.8 Å². The van der Waals surface area contributed by atoms with Crippen molar-refractivity contribution in [3.8, 4) is 0 Å². The fraction of sp³-hybridized carbons (Fsp3) is 0.250. The van der Waals surface area contributed by atoms with Crippen LogP contribution in [-0.4, -0.2) is 6.21 Å². The highest BCUT2D eigenvalue weighted by molar-refractivity contribution is 5.69. The van der Waals surface area contributed by atoms with E-state index >= 15 is 0 Å². The van der Waals surface area contributed by atoms with Crippen molar-refractivity contribution in [3.05, 3.63) is 35.4 Å². The lowest BCUT2D eigenvalue weighted by Gasteiger charge is -2.01. The number of hydrogen-bond donors (Lipinski definition) is 0. The van der Waals surface area contributed by atoms with Gasteiger partial charge in [-0.3, -0.25) is 4.99 Å². The molecule has 0 spiro atoms. The Labute approximate surface area is 79.8 Å². The first-order valence-corrected chi connectivity index (χ1v) is 4.50. The second-order valence-corrected chi connectivity index (χ2v) is 2.95. The Morgan fingerprint density at radius 2 is 2.00 bits per heavy atom. The molecule has 0 heterocycles. The third-order valence-corrected chi connectivity index (χ3v) is 1.80. The molecule has 13 heavy (non-hydrogen) atoms. The summed E-state index contributed by atoms with van der Waals surface area (Å²) < 4.78 is 0. The summed E-state index contributed by atoms with van der Waals surface area (Å²) in [7, 11) is 0. The molecule has 0 N–H and O–H groups in total. The van der Waals surface area contributed by atoms with Gasteiger partial charge >= 0.3 is 0 Å². The standard InChI is InChI=1S/C12H15N/c1-4-6-11-9-10(3)7-8-12(11)13-5-2/h4-9H,1-3H3/b6-4-,13-5-. The largest absolute Gasteiger partial charge is 0.261 e. The molecule has 0 aliphatic heterocycles. The van der Waals surface area contributed by atoms with E-state index in [0.717, 1.165) is 5.69 Å². The lowest BCUT2D eigenvalue weighted by atomic mass is 10.1. The molecule has 0 bridgehead atoms. The molecule has 0 saturated carbocycles. The molecule has 0 unspecified atom stereocenters. The van der Waals surface area contributed by atoms with Crippen molar-refractivity contribution >= 4 is 18.0 Å². The Bertz CT molecular complexity index is 335. The Morgan fingerprint density at radius 3 is 2.62 bits per heavy atom. The zero-order chi connectivity index (χ0) is 9.68. The maximum absolute atomic E-state index is 4.29. The number of benzene rings is 1. The van der Waals surface area contributed by atoms with Gasteiger partial charge in [-0.25, -0.2) is 0 Å². The number of aryl methyl sites for hydroxylation is 1. The second kappa shape index (κ2) is 4.61. The van der Waals surface area contributed by atoms with E-state index in [9.17, 15) is 0 Å². The summed E-state index contributed by atoms with van der Waals surface area (Å²) in [4.78, 5) is 4.29. The van der Waals surface area contributed by atoms with Crippen molar-refractivity contribution in [1.82, 2.24) is 0 Å². The molecule has 68 valence electrons. The molecule has 1 nitrogen and oxygen atoms in total. The molecular weight excluding hydrogens is 158 g/mol. The van der Waals surface area contributed by atoms with Gasteiger partial charge in [0.05, 0.1) is 5.69 Å². The summed E-state index contributed by atoms with van der Waals surface area (Å²) in [5, 5.41) is 0. The fourth-order valence-electron chi connectivity index (χ4n) is 1.24. The van der Waals surface area contributed by atoms with Crippen molar-refractivity contribution in [2.24, 2.45) is 4.99 Å². The molecular formula is C12H15N. The first kappa shape index (κ1) is 9.72. The van der Waals surface area contributed by atoms with Gasteiger partial charge in [-0.2, -0.15) is 0 Å². The lowest BCUT2D eigenvalue weighted by molar-refractivity contribution is 1.42. The fourth-order valence-corrected chi connectivity index (χ4v) is 1.24. The van der Waals surface area contributed by atoms with Crippen LogP contribution in [-0.2, 0) is 0 Å². The molecule has 1 heteroatoms. The highest BCUT2D eigenvalue weighted by Crippen LogP contribution is 2.21. The van der Waals surface area contributed by atoms with Gasteiger partial charge in [-0.15, -0.1) is 0 Å². The normalized spacial score (nSPS) is 11.6. The highest BCUT2D eigenvalue weighted by atomic mass is 14.7. The van der Waals surface area contributed by atoms with Gasteiger partial charge in [-0.1, -0.05) is 23.8 Å². The van der Waals surface area contributed by atoms with E-state index in [1.807, 2.05) is 32.2 Å². The maximum atomic E-state index is 4.29. The molecule has 1 aromatic carbocycles. The number of rotatable bonds is 2. The van der Waals surface area contributed by atoms with Gasteiger partial charge < -0.3 is 0 Å². The average molecular weight is 173 g/mol. The summed E-state index contributed by atoms with van der Waals surface area (Å²) in [6.45, 7) is 6.04. The van der Waals surface area contributed by atoms with Crippen LogP contribution in [0.3, 0.4) is 0 Å². The van der Waals surface area contributed by atoms with Crippen LogP contribution in [0.15, 0.2) is 29.3 Å². The first-order valence-electron chi connectivity index (χ1n) is 4.50. The number of nitrogens with zero attached hydrogens (tertiary/aromatic N) is 1. The third-order valence-electron chi connectivity index (χ3n) is 1.80. The quantitative estimate of drug-likeness (QED) is 0.604. The number of hydrogen-bond acceptors (Lipinski definition) is 1. The van der Waals surface area contributed by atoms with E-state index in [1.54, 1.807) is 0 Å². The second-order valence-electron chi connectivity index (χ2n) is 2.95. The molecule has 0 radical (unpaired) electrons. The van der Waals surface area contributed by atoms with E-state index in [4.69, 9.17) is 0 Å². The Kier molecular flexibility index (Phi) is 3.44.